The number of aliphatic carboxylic acids is 1. The molecule has 28 heavy (non-hydrogen) atoms. The number of carbonyl (C=O) groups is 1. The van der Waals surface area contributed by atoms with E-state index in [1.54, 1.807) is 24.3 Å². The lowest BCUT2D eigenvalue weighted by Gasteiger charge is -2.08. The molecule has 4 rings (SSSR count). The summed E-state index contributed by atoms with van der Waals surface area (Å²) in [5, 5.41) is 17.2. The fraction of sp³-hybridized carbons (Fsp3) is 0.143. The van der Waals surface area contributed by atoms with Crippen molar-refractivity contribution >= 4 is 28.1 Å². The number of hydrogen-bond acceptors (Lipinski definition) is 5. The van der Waals surface area contributed by atoms with Gasteiger partial charge in [0.25, 0.3) is 5.56 Å². The van der Waals surface area contributed by atoms with E-state index in [2.05, 4.69) is 10.1 Å². The maximum absolute atomic E-state index is 12.8. The van der Waals surface area contributed by atoms with E-state index in [-0.39, 0.29) is 18.5 Å². The summed E-state index contributed by atoms with van der Waals surface area (Å²) in [7, 11) is 0. The summed E-state index contributed by atoms with van der Waals surface area (Å²) in [5.74, 6) is -0.987. The molecule has 2 aromatic heterocycles. The number of nitrogens with zero attached hydrogens (tertiary/aromatic N) is 3. The molecule has 0 saturated carbocycles. The van der Waals surface area contributed by atoms with Crippen molar-refractivity contribution in [1.29, 1.82) is 0 Å². The largest absolute Gasteiger partial charge is 0.481 e. The maximum Gasteiger partial charge on any atom is 0.309 e. The highest BCUT2D eigenvalue weighted by molar-refractivity contribution is 7.09. The summed E-state index contributed by atoms with van der Waals surface area (Å²) < 4.78 is 1.30. The number of hydrogen-bond donors (Lipinski definition) is 1. The molecule has 0 aliphatic heterocycles. The molecule has 0 saturated heterocycles. The van der Waals surface area contributed by atoms with Crippen LogP contribution in [0.1, 0.15) is 16.3 Å². The first-order valence-corrected chi connectivity index (χ1v) is 9.61. The topological polar surface area (TPSA) is 85.1 Å². The van der Waals surface area contributed by atoms with Crippen LogP contribution in [0.25, 0.3) is 22.0 Å². The molecule has 0 fully saturated rings. The minimum atomic E-state index is -0.987. The molecule has 0 unspecified atom stereocenters. The van der Waals surface area contributed by atoms with Crippen LogP contribution in [0.5, 0.6) is 0 Å². The second-order valence-electron chi connectivity index (χ2n) is 6.52. The van der Waals surface area contributed by atoms with Gasteiger partial charge in [0.1, 0.15) is 5.01 Å². The van der Waals surface area contributed by atoms with Gasteiger partial charge in [0.05, 0.1) is 29.7 Å². The predicted octanol–water partition coefficient (Wildman–Crippen LogP) is 3.50. The van der Waals surface area contributed by atoms with E-state index in [1.165, 1.54) is 21.6 Å². The van der Waals surface area contributed by atoms with Gasteiger partial charge in [-0.05, 0) is 13.0 Å². The Hall–Kier alpha value is -3.32. The van der Waals surface area contributed by atoms with Gasteiger partial charge in [-0.1, -0.05) is 48.0 Å². The quantitative estimate of drug-likeness (QED) is 0.563. The SMILES string of the molecule is Cc1ccc(-c2csc(Cn3nc(CC(=O)O)c4ccccc4c3=O)n2)cc1. The number of aryl methyl sites for hydroxylation is 1. The zero-order valence-corrected chi connectivity index (χ0v) is 15.9. The Morgan fingerprint density at radius 2 is 1.82 bits per heavy atom. The average molecular weight is 391 g/mol. The first-order valence-electron chi connectivity index (χ1n) is 8.73. The van der Waals surface area contributed by atoms with Crippen molar-refractivity contribution in [2.75, 3.05) is 0 Å². The van der Waals surface area contributed by atoms with E-state index >= 15 is 0 Å². The maximum atomic E-state index is 12.8. The third-order valence-electron chi connectivity index (χ3n) is 4.45. The molecule has 0 bridgehead atoms. The number of carboxylic acids is 1. The minimum absolute atomic E-state index is 0.201. The van der Waals surface area contributed by atoms with E-state index in [4.69, 9.17) is 0 Å². The highest BCUT2D eigenvalue weighted by Crippen LogP contribution is 2.23. The molecule has 0 spiro atoms. The molecule has 2 aromatic carbocycles. The van der Waals surface area contributed by atoms with Crippen molar-refractivity contribution in [3.05, 3.63) is 80.5 Å². The summed E-state index contributed by atoms with van der Waals surface area (Å²) in [6, 6.07) is 15.0. The van der Waals surface area contributed by atoms with E-state index in [0.29, 0.717) is 16.5 Å². The molecule has 0 aliphatic carbocycles. The van der Waals surface area contributed by atoms with E-state index in [0.717, 1.165) is 16.3 Å². The van der Waals surface area contributed by atoms with Gasteiger partial charge < -0.3 is 5.11 Å². The van der Waals surface area contributed by atoms with Crippen LogP contribution in [0.4, 0.5) is 0 Å². The number of rotatable bonds is 5. The molecular weight excluding hydrogens is 374 g/mol. The van der Waals surface area contributed by atoms with Crippen LogP contribution in [0.15, 0.2) is 58.7 Å². The number of fused-ring (bicyclic) bond motifs is 1. The molecule has 0 aliphatic rings. The molecule has 0 atom stereocenters. The Bertz CT molecular complexity index is 1230. The number of carboxylic acid groups (broad SMARTS) is 1. The molecule has 2 heterocycles. The number of thiazole rings is 1. The highest BCUT2D eigenvalue weighted by atomic mass is 32.1. The Labute approximate surface area is 164 Å². The summed E-state index contributed by atoms with van der Waals surface area (Å²) in [5.41, 5.74) is 3.16. The van der Waals surface area contributed by atoms with Crippen LogP contribution in [-0.2, 0) is 17.8 Å². The average Bonchev–Trinajstić information content (AvgIpc) is 3.14. The molecule has 0 radical (unpaired) electrons. The smallest absolute Gasteiger partial charge is 0.309 e. The monoisotopic (exact) mass is 391 g/mol. The van der Waals surface area contributed by atoms with Crippen molar-refractivity contribution in [3.63, 3.8) is 0 Å². The predicted molar refractivity (Wildman–Crippen MR) is 109 cm³/mol. The first-order chi connectivity index (χ1) is 13.5. The van der Waals surface area contributed by atoms with Gasteiger partial charge in [-0.3, -0.25) is 9.59 Å². The molecule has 1 N–H and O–H groups in total. The highest BCUT2D eigenvalue weighted by Gasteiger charge is 2.14. The normalized spacial score (nSPS) is 11.0. The fourth-order valence-corrected chi connectivity index (χ4v) is 3.84. The number of benzene rings is 2. The zero-order valence-electron chi connectivity index (χ0n) is 15.1. The summed E-state index contributed by atoms with van der Waals surface area (Å²) in [4.78, 5) is 28.6. The third kappa shape index (κ3) is 3.57. The van der Waals surface area contributed by atoms with Crippen LogP contribution in [0.2, 0.25) is 0 Å². The zero-order chi connectivity index (χ0) is 19.7. The fourth-order valence-electron chi connectivity index (χ4n) is 3.05. The van der Waals surface area contributed by atoms with Gasteiger partial charge in [0, 0.05) is 16.3 Å². The standard InChI is InChI=1S/C21H17N3O3S/c1-13-6-8-14(9-7-13)18-12-28-19(22-18)11-24-21(27)16-5-3-2-4-15(16)17(23-24)10-20(25)26/h2-9,12H,10-11H2,1H3,(H,25,26). The molecule has 0 amide bonds. The van der Waals surface area contributed by atoms with Gasteiger partial charge in [-0.25, -0.2) is 9.67 Å². The summed E-state index contributed by atoms with van der Waals surface area (Å²) >= 11 is 1.45. The second kappa shape index (κ2) is 7.36. The van der Waals surface area contributed by atoms with Crippen LogP contribution >= 0.6 is 11.3 Å². The lowest BCUT2D eigenvalue weighted by atomic mass is 10.1. The van der Waals surface area contributed by atoms with Crippen molar-refractivity contribution in [3.8, 4) is 11.3 Å². The van der Waals surface area contributed by atoms with Crippen LogP contribution in [-0.4, -0.2) is 25.8 Å². The molecule has 4 aromatic rings. The van der Waals surface area contributed by atoms with Gasteiger partial charge in [-0.15, -0.1) is 11.3 Å². The van der Waals surface area contributed by atoms with Gasteiger partial charge in [-0.2, -0.15) is 5.10 Å². The lowest BCUT2D eigenvalue weighted by molar-refractivity contribution is -0.136. The van der Waals surface area contributed by atoms with Gasteiger partial charge >= 0.3 is 5.97 Å². The van der Waals surface area contributed by atoms with Crippen molar-refractivity contribution < 1.29 is 9.90 Å². The summed E-state index contributed by atoms with van der Waals surface area (Å²) in [6.07, 6.45) is -0.243. The van der Waals surface area contributed by atoms with E-state index in [9.17, 15) is 14.7 Å². The Kier molecular flexibility index (Phi) is 4.75. The summed E-state index contributed by atoms with van der Waals surface area (Å²) in [6.45, 7) is 2.23. The second-order valence-corrected chi connectivity index (χ2v) is 7.46. The van der Waals surface area contributed by atoms with Crippen LogP contribution in [0, 0.1) is 6.92 Å². The lowest BCUT2D eigenvalue weighted by Crippen LogP contribution is -2.26. The first kappa shape index (κ1) is 18.1. The molecule has 7 heteroatoms. The minimum Gasteiger partial charge on any atom is -0.481 e. The van der Waals surface area contributed by atoms with Crippen LogP contribution in [0.3, 0.4) is 0 Å². The van der Waals surface area contributed by atoms with Crippen molar-refractivity contribution in [1.82, 2.24) is 14.8 Å². The Morgan fingerprint density at radius 3 is 2.54 bits per heavy atom. The number of aromatic nitrogens is 3. The van der Waals surface area contributed by atoms with Crippen LogP contribution < -0.4 is 5.56 Å². The Morgan fingerprint density at radius 1 is 1.11 bits per heavy atom. The van der Waals surface area contributed by atoms with Crippen molar-refractivity contribution in [2.24, 2.45) is 0 Å². The van der Waals surface area contributed by atoms with Gasteiger partial charge in [0.2, 0.25) is 0 Å². The van der Waals surface area contributed by atoms with Crippen molar-refractivity contribution in [2.45, 2.75) is 19.9 Å². The molecular formula is C21H17N3O3S. The van der Waals surface area contributed by atoms with Gasteiger partial charge in [0.15, 0.2) is 0 Å². The van der Waals surface area contributed by atoms with E-state index < -0.39 is 5.97 Å². The molecule has 140 valence electrons. The molecule has 6 nitrogen and oxygen atoms in total. The Balaban J connectivity index is 1.72. The third-order valence-corrected chi connectivity index (χ3v) is 5.28. The van der Waals surface area contributed by atoms with E-state index in [1.807, 2.05) is 36.6 Å².